The molecule has 2 heterocycles. The molecule has 2 amide bonds. The smallest absolute Gasteiger partial charge is 0.260 e. The maximum Gasteiger partial charge on any atom is 0.260 e. The van der Waals surface area contributed by atoms with Crippen LogP contribution in [0, 0.1) is 0 Å². The predicted octanol–water partition coefficient (Wildman–Crippen LogP) is 1.58. The summed E-state index contributed by atoms with van der Waals surface area (Å²) >= 11 is 0. The van der Waals surface area contributed by atoms with Gasteiger partial charge >= 0.3 is 0 Å². The van der Waals surface area contributed by atoms with Crippen LogP contribution in [-0.2, 0) is 14.3 Å². The van der Waals surface area contributed by atoms with E-state index in [-0.39, 0.29) is 18.4 Å². The van der Waals surface area contributed by atoms with Gasteiger partial charge in [0.15, 0.2) is 6.61 Å². The van der Waals surface area contributed by atoms with Crippen molar-refractivity contribution in [2.75, 3.05) is 65.6 Å². The van der Waals surface area contributed by atoms with Crippen LogP contribution in [0.1, 0.15) is 31.7 Å². The van der Waals surface area contributed by atoms with Crippen LogP contribution in [0.25, 0.3) is 0 Å². The lowest BCUT2D eigenvalue weighted by atomic mass is 9.98. The Hall–Kier alpha value is -2.12. The second kappa shape index (κ2) is 10.6. The van der Waals surface area contributed by atoms with Crippen molar-refractivity contribution in [3.8, 4) is 5.75 Å². The van der Waals surface area contributed by atoms with Crippen LogP contribution >= 0.6 is 0 Å². The summed E-state index contributed by atoms with van der Waals surface area (Å²) in [5.74, 6) is 1.29. The quantitative estimate of drug-likeness (QED) is 0.692. The highest BCUT2D eigenvalue weighted by Gasteiger charge is 2.26. The molecule has 2 fully saturated rings. The van der Waals surface area contributed by atoms with E-state index in [4.69, 9.17) is 9.47 Å². The highest BCUT2D eigenvalue weighted by Crippen LogP contribution is 2.28. The van der Waals surface area contributed by atoms with E-state index in [0.717, 1.165) is 30.8 Å². The van der Waals surface area contributed by atoms with Crippen molar-refractivity contribution in [2.45, 2.75) is 26.2 Å². The van der Waals surface area contributed by atoms with E-state index in [9.17, 15) is 9.59 Å². The van der Waals surface area contributed by atoms with Gasteiger partial charge in [-0.15, -0.1) is 0 Å². The summed E-state index contributed by atoms with van der Waals surface area (Å²) < 4.78 is 11.2. The average molecular weight is 404 g/mol. The number of carbonyl (C=O) groups is 2. The van der Waals surface area contributed by atoms with E-state index in [1.807, 2.05) is 23.1 Å². The van der Waals surface area contributed by atoms with Crippen molar-refractivity contribution >= 4 is 11.8 Å². The standard InChI is InChI=1S/C22H33N3O4/c1-3-18(2)19-6-4-5-7-20(19)29-17-22(27)25-10-8-24(9-11-25)21(26)16-23-12-14-28-15-13-23/h4-7,18H,3,8-17H2,1-2H3. The Bertz CT molecular complexity index is 682. The van der Waals surface area contributed by atoms with E-state index in [0.29, 0.717) is 51.9 Å². The minimum Gasteiger partial charge on any atom is -0.483 e. The summed E-state index contributed by atoms with van der Waals surface area (Å²) in [6.45, 7) is 10.1. The molecule has 0 aromatic heterocycles. The van der Waals surface area contributed by atoms with Crippen LogP contribution in [-0.4, -0.2) is 92.1 Å². The number of rotatable bonds is 7. The van der Waals surface area contributed by atoms with Gasteiger partial charge in [-0.05, 0) is 24.0 Å². The molecule has 7 nitrogen and oxygen atoms in total. The zero-order valence-corrected chi connectivity index (χ0v) is 17.6. The number of ether oxygens (including phenoxy) is 2. The number of nitrogens with zero attached hydrogens (tertiary/aromatic N) is 3. The third-order valence-electron chi connectivity index (χ3n) is 5.86. The maximum atomic E-state index is 12.6. The third kappa shape index (κ3) is 5.93. The lowest BCUT2D eigenvalue weighted by Gasteiger charge is -2.36. The predicted molar refractivity (Wildman–Crippen MR) is 111 cm³/mol. The highest BCUT2D eigenvalue weighted by atomic mass is 16.5. The Morgan fingerprint density at radius 3 is 2.28 bits per heavy atom. The van der Waals surface area contributed by atoms with E-state index >= 15 is 0 Å². The fourth-order valence-electron chi connectivity index (χ4n) is 3.73. The van der Waals surface area contributed by atoms with Gasteiger partial charge in [0.25, 0.3) is 5.91 Å². The van der Waals surface area contributed by atoms with Crippen molar-refractivity contribution < 1.29 is 19.1 Å². The van der Waals surface area contributed by atoms with Crippen molar-refractivity contribution in [2.24, 2.45) is 0 Å². The first-order chi connectivity index (χ1) is 14.1. The lowest BCUT2D eigenvalue weighted by molar-refractivity contribution is -0.141. The Morgan fingerprint density at radius 1 is 1.00 bits per heavy atom. The number of morpholine rings is 1. The Labute approximate surface area is 173 Å². The zero-order chi connectivity index (χ0) is 20.6. The molecule has 1 atom stereocenters. The van der Waals surface area contributed by atoms with Crippen LogP contribution < -0.4 is 4.74 Å². The molecule has 0 aliphatic carbocycles. The first-order valence-electron chi connectivity index (χ1n) is 10.7. The molecule has 1 aromatic rings. The molecule has 0 bridgehead atoms. The van der Waals surface area contributed by atoms with Crippen LogP contribution in [0.2, 0.25) is 0 Å². The second-order valence-electron chi connectivity index (χ2n) is 7.79. The minimum absolute atomic E-state index is 0.0239. The molecule has 0 N–H and O–H groups in total. The summed E-state index contributed by atoms with van der Waals surface area (Å²) in [6, 6.07) is 7.93. The third-order valence-corrected chi connectivity index (χ3v) is 5.86. The van der Waals surface area contributed by atoms with E-state index in [2.05, 4.69) is 24.8 Å². The molecule has 2 saturated heterocycles. The summed E-state index contributed by atoms with van der Waals surface area (Å²) in [7, 11) is 0. The van der Waals surface area contributed by atoms with Crippen molar-refractivity contribution in [1.82, 2.24) is 14.7 Å². The van der Waals surface area contributed by atoms with Gasteiger partial charge in [-0.3, -0.25) is 14.5 Å². The highest BCUT2D eigenvalue weighted by molar-refractivity contribution is 5.80. The number of hydrogen-bond acceptors (Lipinski definition) is 5. The molecular formula is C22H33N3O4. The van der Waals surface area contributed by atoms with Crippen molar-refractivity contribution in [3.05, 3.63) is 29.8 Å². The molecule has 0 saturated carbocycles. The van der Waals surface area contributed by atoms with Crippen LogP contribution in [0.3, 0.4) is 0 Å². The number of hydrogen-bond donors (Lipinski definition) is 0. The molecule has 7 heteroatoms. The molecule has 29 heavy (non-hydrogen) atoms. The minimum atomic E-state index is -0.0239. The molecule has 1 unspecified atom stereocenters. The van der Waals surface area contributed by atoms with Crippen molar-refractivity contribution in [3.63, 3.8) is 0 Å². The topological polar surface area (TPSA) is 62.3 Å². The van der Waals surface area contributed by atoms with Gasteiger partial charge in [0.2, 0.25) is 5.91 Å². The first-order valence-corrected chi connectivity index (χ1v) is 10.7. The van der Waals surface area contributed by atoms with Gasteiger partial charge in [-0.1, -0.05) is 32.0 Å². The van der Waals surface area contributed by atoms with Crippen LogP contribution in [0.15, 0.2) is 24.3 Å². The summed E-state index contributed by atoms with van der Waals surface area (Å²) in [4.78, 5) is 30.9. The molecule has 0 radical (unpaired) electrons. The van der Waals surface area contributed by atoms with Gasteiger partial charge in [-0.25, -0.2) is 0 Å². The SMILES string of the molecule is CCC(C)c1ccccc1OCC(=O)N1CCN(C(=O)CN2CCOCC2)CC1. The molecule has 2 aliphatic rings. The second-order valence-corrected chi connectivity index (χ2v) is 7.79. The van der Waals surface area contributed by atoms with Gasteiger partial charge in [0.1, 0.15) is 5.75 Å². The summed E-state index contributed by atoms with van der Waals surface area (Å²) in [5.41, 5.74) is 1.14. The van der Waals surface area contributed by atoms with E-state index in [1.54, 1.807) is 4.90 Å². The van der Waals surface area contributed by atoms with E-state index < -0.39 is 0 Å². The van der Waals surface area contributed by atoms with Gasteiger partial charge in [-0.2, -0.15) is 0 Å². The first kappa shape index (κ1) is 21.6. The van der Waals surface area contributed by atoms with Gasteiger partial charge < -0.3 is 19.3 Å². The van der Waals surface area contributed by atoms with Crippen molar-refractivity contribution in [1.29, 1.82) is 0 Å². The van der Waals surface area contributed by atoms with Crippen LogP contribution in [0.4, 0.5) is 0 Å². The molecule has 160 valence electrons. The number of benzene rings is 1. The monoisotopic (exact) mass is 403 g/mol. The molecule has 1 aromatic carbocycles. The zero-order valence-electron chi connectivity index (χ0n) is 17.6. The average Bonchev–Trinajstić information content (AvgIpc) is 2.78. The Morgan fingerprint density at radius 2 is 1.62 bits per heavy atom. The fraction of sp³-hybridized carbons (Fsp3) is 0.636. The number of amides is 2. The molecule has 3 rings (SSSR count). The largest absolute Gasteiger partial charge is 0.483 e. The molecule has 0 spiro atoms. The fourth-order valence-corrected chi connectivity index (χ4v) is 3.73. The number of carbonyl (C=O) groups excluding carboxylic acids is 2. The molecule has 2 aliphatic heterocycles. The van der Waals surface area contributed by atoms with E-state index in [1.165, 1.54) is 0 Å². The van der Waals surface area contributed by atoms with Gasteiger partial charge in [0.05, 0.1) is 19.8 Å². The number of para-hydroxylation sites is 1. The maximum absolute atomic E-state index is 12.6. The Balaban J connectivity index is 1.44. The molecular weight excluding hydrogens is 370 g/mol. The van der Waals surface area contributed by atoms with Gasteiger partial charge in [0, 0.05) is 39.3 Å². The normalized spacial score (nSPS) is 19.1. The van der Waals surface area contributed by atoms with Crippen LogP contribution in [0.5, 0.6) is 5.75 Å². The Kier molecular flexibility index (Phi) is 7.89. The summed E-state index contributed by atoms with van der Waals surface area (Å²) in [6.07, 6.45) is 1.02. The summed E-state index contributed by atoms with van der Waals surface area (Å²) in [5, 5.41) is 0. The lowest BCUT2D eigenvalue weighted by Crippen LogP contribution is -2.54. The number of piperazine rings is 1.